The highest BCUT2D eigenvalue weighted by Gasteiger charge is 2.67. The minimum Gasteiger partial charge on any atom is -0.346 e. The molecule has 0 saturated heterocycles. The maximum atomic E-state index is 15.4. The van der Waals surface area contributed by atoms with Crippen molar-refractivity contribution in [2.24, 2.45) is 13.0 Å². The van der Waals surface area contributed by atoms with Crippen molar-refractivity contribution < 1.29 is 39.6 Å². The van der Waals surface area contributed by atoms with Crippen LogP contribution in [0.1, 0.15) is 53.0 Å². The van der Waals surface area contributed by atoms with E-state index in [0.717, 1.165) is 24.0 Å². The number of anilines is 1. The summed E-state index contributed by atoms with van der Waals surface area (Å²) in [5.74, 6) is -8.18. The summed E-state index contributed by atoms with van der Waals surface area (Å²) in [4.78, 5) is 18.7. The van der Waals surface area contributed by atoms with Gasteiger partial charge in [-0.1, -0.05) is 48.0 Å². The van der Waals surface area contributed by atoms with E-state index >= 15 is 8.78 Å². The molecule has 1 saturated carbocycles. The first-order valence-electron chi connectivity index (χ1n) is 17.2. The number of rotatable bonds is 11. The van der Waals surface area contributed by atoms with Crippen LogP contribution in [0.5, 0.6) is 0 Å². The lowest BCUT2D eigenvalue weighted by atomic mass is 9.92. The molecule has 2 aliphatic rings. The average molecular weight is 814 g/mol. The van der Waals surface area contributed by atoms with Crippen molar-refractivity contribution in [3.63, 3.8) is 0 Å². The fraction of sp³-hybridized carbons (Fsp3) is 0.263. The quantitative estimate of drug-likeness (QED) is 0.128. The van der Waals surface area contributed by atoms with E-state index in [0.29, 0.717) is 33.0 Å². The minimum absolute atomic E-state index is 0.0394. The summed E-state index contributed by atoms with van der Waals surface area (Å²) < 4.78 is 117. The lowest BCUT2D eigenvalue weighted by Gasteiger charge is -2.23. The third-order valence-corrected chi connectivity index (χ3v) is 10.9. The Morgan fingerprint density at radius 1 is 0.982 bits per heavy atom. The number of hydrogen-bond acceptors (Lipinski definition) is 6. The summed E-state index contributed by atoms with van der Waals surface area (Å²) >= 11 is 6.63. The second-order valence-corrected chi connectivity index (χ2v) is 16.1. The molecular weight excluding hydrogens is 784 g/mol. The van der Waals surface area contributed by atoms with Gasteiger partial charge >= 0.3 is 0 Å². The Labute approximate surface area is 320 Å². The summed E-state index contributed by atoms with van der Waals surface area (Å²) in [6.45, 7) is -0.872. The van der Waals surface area contributed by atoms with Gasteiger partial charge in [0, 0.05) is 47.5 Å². The Morgan fingerprint density at radius 3 is 2.38 bits per heavy atom. The SMILES string of the molecule is Cn1nc(NS(C)(=O)=O)c2c(Cl)ccc(-c3cc(-c4ccccc4)cnc3C(Cc3cc(F)cc(F)c3)NC(=O)Cn3nc(C(F)F)c4c3C(F)(F)C3CC43)c21. The summed E-state index contributed by atoms with van der Waals surface area (Å²) in [6.07, 6.45) is -0.903. The number of benzene rings is 3. The van der Waals surface area contributed by atoms with Crippen molar-refractivity contribution in [3.05, 3.63) is 118 Å². The summed E-state index contributed by atoms with van der Waals surface area (Å²) in [6, 6.07) is 15.6. The topological polar surface area (TPSA) is 124 Å². The zero-order valence-corrected chi connectivity index (χ0v) is 30.9. The van der Waals surface area contributed by atoms with E-state index in [1.54, 1.807) is 19.2 Å². The molecule has 2 aliphatic carbocycles. The van der Waals surface area contributed by atoms with Crippen LogP contribution < -0.4 is 10.0 Å². The number of nitrogens with one attached hydrogen (secondary N) is 2. The van der Waals surface area contributed by atoms with Gasteiger partial charge in [-0.15, -0.1) is 0 Å². The van der Waals surface area contributed by atoms with E-state index < -0.39 is 75.7 Å². The minimum atomic E-state index is -3.81. The Bertz CT molecular complexity index is 2650. The molecular formula is C38H30ClF6N7O3S. The number of aromatic nitrogens is 5. The van der Waals surface area contributed by atoms with Crippen LogP contribution in [0.15, 0.2) is 72.9 Å². The maximum Gasteiger partial charge on any atom is 0.293 e. The van der Waals surface area contributed by atoms with Gasteiger partial charge in [0.2, 0.25) is 15.9 Å². The van der Waals surface area contributed by atoms with Gasteiger partial charge in [0.05, 0.1) is 33.9 Å². The molecule has 56 heavy (non-hydrogen) atoms. The molecule has 0 radical (unpaired) electrons. The first-order chi connectivity index (χ1) is 26.5. The van der Waals surface area contributed by atoms with Gasteiger partial charge in [-0.25, -0.2) is 26.0 Å². The van der Waals surface area contributed by atoms with Gasteiger partial charge in [0.1, 0.15) is 29.6 Å². The molecule has 8 rings (SSSR count). The van der Waals surface area contributed by atoms with E-state index in [4.69, 9.17) is 16.6 Å². The highest BCUT2D eigenvalue weighted by atomic mass is 35.5. The van der Waals surface area contributed by atoms with E-state index in [2.05, 4.69) is 20.2 Å². The molecule has 290 valence electrons. The molecule has 0 spiro atoms. The number of fused-ring (bicyclic) bond motifs is 4. The number of halogens is 7. The molecule has 18 heteroatoms. The number of alkyl halides is 4. The zero-order valence-electron chi connectivity index (χ0n) is 29.4. The van der Waals surface area contributed by atoms with Crippen LogP contribution in [0.3, 0.4) is 0 Å². The van der Waals surface area contributed by atoms with Crippen LogP contribution in [0.2, 0.25) is 5.02 Å². The predicted octanol–water partition coefficient (Wildman–Crippen LogP) is 8.05. The van der Waals surface area contributed by atoms with E-state index in [1.807, 2.05) is 30.3 Å². The summed E-state index contributed by atoms with van der Waals surface area (Å²) in [7, 11) is -2.25. The van der Waals surface area contributed by atoms with Gasteiger partial charge < -0.3 is 5.32 Å². The number of carbonyl (C=O) groups excluding carboxylic acids is 1. The number of aryl methyl sites for hydroxylation is 1. The van der Waals surface area contributed by atoms with E-state index in [1.165, 1.54) is 16.9 Å². The lowest BCUT2D eigenvalue weighted by molar-refractivity contribution is -0.123. The first-order valence-corrected chi connectivity index (χ1v) is 19.5. The number of pyridine rings is 1. The van der Waals surface area contributed by atoms with Gasteiger partial charge in [-0.05, 0) is 54.2 Å². The standard InChI is InChI=1S/C38H30ClF6N7O3S/c1-51-34-23(8-9-27(39)31(34)37(49-51)50-56(2,54)55)24-13-20(19-6-4-3-5-7-19)16-46-32(24)28(12-18-10-21(40)14-22(41)11-18)47-29(53)17-52-35-30(33(48-52)36(42)43)25-15-26(25)38(35,44)45/h3-11,13-14,16,25-26,28,36H,12,15,17H2,1-2H3,(H,47,53)(H,49,50). The highest BCUT2D eigenvalue weighted by Crippen LogP contribution is 2.68. The molecule has 3 aromatic heterocycles. The number of carbonyl (C=O) groups is 1. The molecule has 3 aromatic carbocycles. The van der Waals surface area contributed by atoms with Crippen molar-refractivity contribution in [3.8, 4) is 22.3 Å². The molecule has 1 fully saturated rings. The molecule has 0 aliphatic heterocycles. The van der Waals surface area contributed by atoms with Crippen LogP contribution in [0.25, 0.3) is 33.2 Å². The Balaban J connectivity index is 1.28. The van der Waals surface area contributed by atoms with Crippen LogP contribution in [0.4, 0.5) is 32.2 Å². The highest BCUT2D eigenvalue weighted by molar-refractivity contribution is 7.92. The van der Waals surface area contributed by atoms with Crippen molar-refractivity contribution in [2.45, 2.75) is 43.7 Å². The molecule has 3 unspecified atom stereocenters. The first kappa shape index (κ1) is 37.5. The third kappa shape index (κ3) is 6.76. The van der Waals surface area contributed by atoms with Gasteiger partial charge in [0.25, 0.3) is 12.3 Å². The Kier molecular flexibility index (Phi) is 9.14. The van der Waals surface area contributed by atoms with Crippen LogP contribution >= 0.6 is 11.6 Å². The maximum absolute atomic E-state index is 15.4. The second-order valence-electron chi connectivity index (χ2n) is 14.0. The van der Waals surface area contributed by atoms with E-state index in [9.17, 15) is 30.8 Å². The number of sulfonamides is 1. The fourth-order valence-electron chi connectivity index (χ4n) is 7.73. The summed E-state index contributed by atoms with van der Waals surface area (Å²) in [5.41, 5.74) is 0.974. The molecule has 1 amide bonds. The normalized spacial score (nSPS) is 17.5. The number of nitrogens with zero attached hydrogens (tertiary/aromatic N) is 5. The Hall–Kier alpha value is -5.42. The predicted molar refractivity (Wildman–Crippen MR) is 196 cm³/mol. The average Bonchev–Trinajstić information content (AvgIpc) is 3.66. The lowest BCUT2D eigenvalue weighted by Crippen LogP contribution is -2.35. The van der Waals surface area contributed by atoms with Crippen LogP contribution in [0, 0.1) is 17.6 Å². The van der Waals surface area contributed by atoms with Crippen molar-refractivity contribution >= 4 is 44.3 Å². The van der Waals surface area contributed by atoms with Crippen molar-refractivity contribution in [1.82, 2.24) is 29.9 Å². The molecule has 3 atom stereocenters. The van der Waals surface area contributed by atoms with Crippen molar-refractivity contribution in [2.75, 3.05) is 11.0 Å². The van der Waals surface area contributed by atoms with Crippen LogP contribution in [-0.2, 0) is 40.8 Å². The second kappa shape index (κ2) is 13.7. The smallest absolute Gasteiger partial charge is 0.293 e. The molecule has 3 heterocycles. The van der Waals surface area contributed by atoms with E-state index in [-0.39, 0.29) is 45.9 Å². The van der Waals surface area contributed by atoms with Crippen molar-refractivity contribution in [1.29, 1.82) is 0 Å². The van der Waals surface area contributed by atoms with Crippen LogP contribution in [-0.4, -0.2) is 45.1 Å². The largest absolute Gasteiger partial charge is 0.346 e. The summed E-state index contributed by atoms with van der Waals surface area (Å²) in [5, 5.41) is 11.3. The monoisotopic (exact) mass is 813 g/mol. The fourth-order valence-corrected chi connectivity index (χ4v) is 8.47. The Morgan fingerprint density at radius 2 is 1.70 bits per heavy atom. The molecule has 6 aromatic rings. The number of amides is 1. The molecule has 10 nitrogen and oxygen atoms in total. The zero-order chi connectivity index (χ0) is 39.8. The van der Waals surface area contributed by atoms with Gasteiger partial charge in [-0.2, -0.15) is 19.0 Å². The molecule has 2 N–H and O–H groups in total. The van der Waals surface area contributed by atoms with Gasteiger partial charge in [0.15, 0.2) is 5.82 Å². The third-order valence-electron chi connectivity index (χ3n) is 10.0. The van der Waals surface area contributed by atoms with Gasteiger partial charge in [-0.3, -0.25) is 23.9 Å². The number of hydrogen-bond donors (Lipinski definition) is 2. The molecule has 0 bridgehead atoms.